The second-order valence-corrected chi connectivity index (χ2v) is 7.25. The predicted octanol–water partition coefficient (Wildman–Crippen LogP) is 1.54. The summed E-state index contributed by atoms with van der Waals surface area (Å²) in [7, 11) is 0. The Morgan fingerprint density at radius 2 is 1.79 bits per heavy atom. The van der Waals surface area contributed by atoms with Crippen molar-refractivity contribution in [3.8, 4) is 0 Å². The summed E-state index contributed by atoms with van der Waals surface area (Å²) in [6.07, 6.45) is 5.69. The van der Waals surface area contributed by atoms with Gasteiger partial charge in [-0.15, -0.1) is 0 Å². The maximum Gasteiger partial charge on any atom is 0.245 e. The van der Waals surface area contributed by atoms with Crippen molar-refractivity contribution >= 4 is 17.7 Å². The molecular formula is C18H31N3O3. The van der Waals surface area contributed by atoms with Crippen molar-refractivity contribution in [1.82, 2.24) is 15.1 Å². The first-order valence-corrected chi connectivity index (χ1v) is 9.32. The lowest BCUT2D eigenvalue weighted by molar-refractivity contribution is -0.147. The highest BCUT2D eigenvalue weighted by atomic mass is 16.2. The van der Waals surface area contributed by atoms with Crippen LogP contribution in [0.4, 0.5) is 0 Å². The smallest absolute Gasteiger partial charge is 0.245 e. The quantitative estimate of drug-likeness (QED) is 0.799. The third-order valence-corrected chi connectivity index (χ3v) is 5.00. The molecule has 2 aliphatic rings. The molecule has 0 bridgehead atoms. The molecule has 0 aromatic carbocycles. The van der Waals surface area contributed by atoms with Crippen molar-refractivity contribution < 1.29 is 14.4 Å². The maximum atomic E-state index is 12.9. The van der Waals surface area contributed by atoms with Gasteiger partial charge in [-0.05, 0) is 46.5 Å². The van der Waals surface area contributed by atoms with Crippen LogP contribution in [0, 0.1) is 5.92 Å². The SMILES string of the molecule is CCN(CC(=O)NC(C)C)C(=O)[C@@H]1CCCN1C(=O)C1CCCC1. The number of rotatable bonds is 6. The molecule has 1 saturated carbocycles. The molecule has 2 fully saturated rings. The van der Waals surface area contributed by atoms with Gasteiger partial charge in [0.25, 0.3) is 0 Å². The molecule has 2 rings (SSSR count). The van der Waals surface area contributed by atoms with Gasteiger partial charge in [-0.2, -0.15) is 0 Å². The van der Waals surface area contributed by atoms with E-state index in [-0.39, 0.29) is 42.3 Å². The van der Waals surface area contributed by atoms with E-state index in [0.717, 1.165) is 32.1 Å². The number of amides is 3. The molecule has 6 nitrogen and oxygen atoms in total. The highest BCUT2D eigenvalue weighted by molar-refractivity contribution is 5.91. The van der Waals surface area contributed by atoms with E-state index in [0.29, 0.717) is 19.5 Å². The molecule has 136 valence electrons. The van der Waals surface area contributed by atoms with Crippen LogP contribution in [-0.4, -0.2) is 59.2 Å². The van der Waals surface area contributed by atoms with E-state index in [1.807, 2.05) is 20.8 Å². The molecule has 6 heteroatoms. The van der Waals surface area contributed by atoms with E-state index in [2.05, 4.69) is 5.32 Å². The van der Waals surface area contributed by atoms with Gasteiger partial charge in [-0.1, -0.05) is 12.8 Å². The minimum atomic E-state index is -0.384. The summed E-state index contributed by atoms with van der Waals surface area (Å²) in [5.74, 6) is 0.0101. The average molecular weight is 337 g/mol. The third kappa shape index (κ3) is 4.48. The zero-order valence-electron chi connectivity index (χ0n) is 15.2. The lowest BCUT2D eigenvalue weighted by atomic mass is 10.1. The van der Waals surface area contributed by atoms with Crippen LogP contribution in [0.2, 0.25) is 0 Å². The van der Waals surface area contributed by atoms with Gasteiger partial charge in [0.1, 0.15) is 6.04 Å². The minimum Gasteiger partial charge on any atom is -0.352 e. The Morgan fingerprint density at radius 3 is 2.38 bits per heavy atom. The van der Waals surface area contributed by atoms with Crippen molar-refractivity contribution in [2.75, 3.05) is 19.6 Å². The molecular weight excluding hydrogens is 306 g/mol. The number of hydrogen-bond acceptors (Lipinski definition) is 3. The van der Waals surface area contributed by atoms with E-state index >= 15 is 0 Å². The summed E-state index contributed by atoms with van der Waals surface area (Å²) in [5.41, 5.74) is 0. The summed E-state index contributed by atoms with van der Waals surface area (Å²) < 4.78 is 0. The van der Waals surface area contributed by atoms with E-state index in [4.69, 9.17) is 0 Å². The summed E-state index contributed by atoms with van der Waals surface area (Å²) in [6.45, 7) is 6.88. The Morgan fingerprint density at radius 1 is 1.12 bits per heavy atom. The summed E-state index contributed by atoms with van der Waals surface area (Å²) in [6, 6.07) is -0.330. The van der Waals surface area contributed by atoms with Gasteiger partial charge in [-0.25, -0.2) is 0 Å². The van der Waals surface area contributed by atoms with Crippen molar-refractivity contribution in [1.29, 1.82) is 0 Å². The van der Waals surface area contributed by atoms with E-state index in [1.165, 1.54) is 0 Å². The van der Waals surface area contributed by atoms with Crippen LogP contribution in [-0.2, 0) is 14.4 Å². The third-order valence-electron chi connectivity index (χ3n) is 5.00. The fraction of sp³-hybridized carbons (Fsp3) is 0.833. The van der Waals surface area contributed by atoms with Crippen molar-refractivity contribution in [3.63, 3.8) is 0 Å². The van der Waals surface area contributed by atoms with Crippen LogP contribution in [0.1, 0.15) is 59.3 Å². The highest BCUT2D eigenvalue weighted by Crippen LogP contribution is 2.30. The number of hydrogen-bond donors (Lipinski definition) is 1. The van der Waals surface area contributed by atoms with Crippen LogP contribution in [0.15, 0.2) is 0 Å². The van der Waals surface area contributed by atoms with Gasteiger partial charge in [0.2, 0.25) is 17.7 Å². The molecule has 1 aliphatic carbocycles. The van der Waals surface area contributed by atoms with E-state index < -0.39 is 0 Å². The molecule has 0 spiro atoms. The molecule has 24 heavy (non-hydrogen) atoms. The van der Waals surface area contributed by atoms with Crippen LogP contribution >= 0.6 is 0 Å². The molecule has 0 unspecified atom stereocenters. The van der Waals surface area contributed by atoms with Crippen LogP contribution in [0.3, 0.4) is 0 Å². The monoisotopic (exact) mass is 337 g/mol. The lowest BCUT2D eigenvalue weighted by Crippen LogP contribution is -2.51. The number of nitrogens with zero attached hydrogens (tertiary/aromatic N) is 2. The van der Waals surface area contributed by atoms with Crippen LogP contribution < -0.4 is 5.32 Å². The Balaban J connectivity index is 1.99. The van der Waals surface area contributed by atoms with Gasteiger partial charge in [-0.3, -0.25) is 14.4 Å². The van der Waals surface area contributed by atoms with Gasteiger partial charge < -0.3 is 15.1 Å². The Labute approximate surface area is 144 Å². The molecule has 0 radical (unpaired) electrons. The Hall–Kier alpha value is -1.59. The molecule has 0 aromatic heterocycles. The molecule has 1 N–H and O–H groups in total. The molecule has 1 heterocycles. The zero-order chi connectivity index (χ0) is 17.7. The fourth-order valence-corrected chi connectivity index (χ4v) is 3.79. The largest absolute Gasteiger partial charge is 0.352 e. The van der Waals surface area contributed by atoms with Gasteiger partial charge in [0, 0.05) is 25.0 Å². The maximum absolute atomic E-state index is 12.9. The molecule has 1 aliphatic heterocycles. The van der Waals surface area contributed by atoms with Gasteiger partial charge >= 0.3 is 0 Å². The summed E-state index contributed by atoms with van der Waals surface area (Å²) in [4.78, 5) is 40.9. The number of likely N-dealkylation sites (N-methyl/N-ethyl adjacent to an activating group) is 1. The zero-order valence-corrected chi connectivity index (χ0v) is 15.2. The van der Waals surface area contributed by atoms with Crippen molar-refractivity contribution in [3.05, 3.63) is 0 Å². The first kappa shape index (κ1) is 18.7. The highest BCUT2D eigenvalue weighted by Gasteiger charge is 2.39. The molecule has 1 saturated heterocycles. The standard InChI is InChI=1S/C18H31N3O3/c1-4-20(12-16(22)19-13(2)3)18(24)15-10-7-11-21(15)17(23)14-8-5-6-9-14/h13-15H,4-12H2,1-3H3,(H,19,22)/t15-/m0/s1. The second kappa shape index (κ2) is 8.49. The number of nitrogens with one attached hydrogen (secondary N) is 1. The number of carbonyl (C=O) groups is 3. The minimum absolute atomic E-state index is 0.0539. The van der Waals surface area contributed by atoms with Gasteiger partial charge in [0.05, 0.1) is 6.54 Å². The predicted molar refractivity (Wildman–Crippen MR) is 92.2 cm³/mol. The Kier molecular flexibility index (Phi) is 6.63. The van der Waals surface area contributed by atoms with E-state index in [1.54, 1.807) is 9.80 Å². The first-order chi connectivity index (χ1) is 11.4. The van der Waals surface area contributed by atoms with Crippen LogP contribution in [0.25, 0.3) is 0 Å². The number of carbonyl (C=O) groups excluding carboxylic acids is 3. The van der Waals surface area contributed by atoms with Crippen LogP contribution in [0.5, 0.6) is 0 Å². The molecule has 3 amide bonds. The average Bonchev–Trinajstić information content (AvgIpc) is 3.21. The fourth-order valence-electron chi connectivity index (χ4n) is 3.79. The molecule has 0 aromatic rings. The van der Waals surface area contributed by atoms with Crippen molar-refractivity contribution in [2.24, 2.45) is 5.92 Å². The Bertz CT molecular complexity index is 472. The molecule has 1 atom stereocenters. The number of likely N-dealkylation sites (tertiary alicyclic amines) is 1. The second-order valence-electron chi connectivity index (χ2n) is 7.25. The van der Waals surface area contributed by atoms with Gasteiger partial charge in [0.15, 0.2) is 0 Å². The summed E-state index contributed by atoms with van der Waals surface area (Å²) in [5, 5.41) is 2.82. The van der Waals surface area contributed by atoms with Crippen molar-refractivity contribution in [2.45, 2.75) is 71.4 Å². The van der Waals surface area contributed by atoms with E-state index in [9.17, 15) is 14.4 Å². The first-order valence-electron chi connectivity index (χ1n) is 9.32. The normalized spacial score (nSPS) is 21.3. The topological polar surface area (TPSA) is 69.7 Å². The summed E-state index contributed by atoms with van der Waals surface area (Å²) >= 11 is 0. The lowest BCUT2D eigenvalue weighted by Gasteiger charge is -2.31.